The van der Waals surface area contributed by atoms with E-state index in [0.29, 0.717) is 5.56 Å². The van der Waals surface area contributed by atoms with E-state index >= 15 is 0 Å². The minimum Gasteiger partial charge on any atom is -0.278 e. The topological polar surface area (TPSA) is 69.6 Å². The zero-order valence-electron chi connectivity index (χ0n) is 6.16. The molecule has 1 amide bonds. The molecule has 2 rings (SSSR count). The maximum Gasteiger partial charge on any atom is 0.269 e. The Bertz CT molecular complexity index is 433. The molecule has 59 valence electrons. The summed E-state index contributed by atoms with van der Waals surface area (Å²) in [6.45, 7) is 0. The number of rotatable bonds is 1. The van der Waals surface area contributed by atoms with Crippen molar-refractivity contribution in [1.82, 2.24) is 15.9 Å². The number of hydrogen-bond acceptors (Lipinski definition) is 2. The molecule has 0 fully saturated rings. The van der Waals surface area contributed by atoms with Crippen LogP contribution in [-0.2, 0) is 0 Å². The lowest BCUT2D eigenvalue weighted by Crippen LogP contribution is -1.97. The minimum atomic E-state index is -0.675. The SMILES string of the molecule is [NH]C(=O)c1ccc2cn[nH]c2c1. The van der Waals surface area contributed by atoms with Crippen molar-refractivity contribution in [1.29, 1.82) is 0 Å². The van der Waals surface area contributed by atoms with Crippen LogP contribution in [0.3, 0.4) is 0 Å². The third-order valence-corrected chi connectivity index (χ3v) is 1.70. The van der Waals surface area contributed by atoms with E-state index in [0.717, 1.165) is 10.9 Å². The fourth-order valence-electron chi connectivity index (χ4n) is 1.08. The summed E-state index contributed by atoms with van der Waals surface area (Å²) >= 11 is 0. The summed E-state index contributed by atoms with van der Waals surface area (Å²) in [5.74, 6) is -0.675. The number of nitrogens with zero attached hydrogens (tertiary/aromatic N) is 1. The summed E-state index contributed by atoms with van der Waals surface area (Å²) in [5.41, 5.74) is 8.04. The van der Waals surface area contributed by atoms with E-state index in [1.165, 1.54) is 0 Å². The first kappa shape index (κ1) is 6.84. The van der Waals surface area contributed by atoms with Crippen LogP contribution < -0.4 is 5.73 Å². The first-order valence-electron chi connectivity index (χ1n) is 3.46. The molecule has 4 nitrogen and oxygen atoms in total. The second-order valence-corrected chi connectivity index (χ2v) is 2.50. The highest BCUT2D eigenvalue weighted by atomic mass is 16.1. The van der Waals surface area contributed by atoms with Crippen molar-refractivity contribution in [2.24, 2.45) is 0 Å². The Morgan fingerprint density at radius 3 is 3.08 bits per heavy atom. The van der Waals surface area contributed by atoms with Crippen molar-refractivity contribution in [3.8, 4) is 0 Å². The number of benzene rings is 1. The van der Waals surface area contributed by atoms with Crippen molar-refractivity contribution in [3.63, 3.8) is 0 Å². The van der Waals surface area contributed by atoms with Crippen molar-refractivity contribution in [3.05, 3.63) is 30.0 Å². The van der Waals surface area contributed by atoms with Gasteiger partial charge in [-0.1, -0.05) is 6.07 Å². The third-order valence-electron chi connectivity index (χ3n) is 1.70. The molecule has 0 atom stereocenters. The van der Waals surface area contributed by atoms with Gasteiger partial charge in [0.15, 0.2) is 0 Å². The maximum absolute atomic E-state index is 10.6. The van der Waals surface area contributed by atoms with E-state index in [1.807, 2.05) is 0 Å². The summed E-state index contributed by atoms with van der Waals surface area (Å²) in [6.07, 6.45) is 1.67. The average Bonchev–Trinajstić information content (AvgIpc) is 2.49. The van der Waals surface area contributed by atoms with E-state index in [9.17, 15) is 4.79 Å². The molecule has 4 heteroatoms. The Morgan fingerprint density at radius 2 is 2.33 bits per heavy atom. The molecule has 0 aliphatic heterocycles. The molecular weight excluding hydrogens is 154 g/mol. The number of H-pyrrole nitrogens is 1. The maximum atomic E-state index is 10.6. The Labute approximate surface area is 68.4 Å². The number of carbonyl (C=O) groups is 1. The molecule has 1 radical (unpaired) electrons. The standard InChI is InChI=1S/C8H6N3O/c9-8(12)5-1-2-6-4-10-11-7(6)3-5/h1-4,9H,(H,10,11). The van der Waals surface area contributed by atoms with Crippen molar-refractivity contribution < 1.29 is 4.79 Å². The van der Waals surface area contributed by atoms with Crippen LogP contribution >= 0.6 is 0 Å². The van der Waals surface area contributed by atoms with Crippen LogP contribution in [0.2, 0.25) is 0 Å². The lowest BCUT2D eigenvalue weighted by Gasteiger charge is -1.92. The van der Waals surface area contributed by atoms with Gasteiger partial charge in [-0.05, 0) is 12.1 Å². The van der Waals surface area contributed by atoms with Crippen LogP contribution in [0.15, 0.2) is 24.4 Å². The quantitative estimate of drug-likeness (QED) is 0.675. The Hall–Kier alpha value is -1.84. The largest absolute Gasteiger partial charge is 0.278 e. The van der Waals surface area contributed by atoms with Crippen molar-refractivity contribution in [2.75, 3.05) is 0 Å². The predicted octanol–water partition coefficient (Wildman–Crippen LogP) is 0.986. The number of fused-ring (bicyclic) bond motifs is 1. The van der Waals surface area contributed by atoms with E-state index in [2.05, 4.69) is 10.2 Å². The van der Waals surface area contributed by atoms with Gasteiger partial charge in [-0.25, -0.2) is 0 Å². The summed E-state index contributed by atoms with van der Waals surface area (Å²) < 4.78 is 0. The van der Waals surface area contributed by atoms with Crippen LogP contribution in [0.4, 0.5) is 0 Å². The summed E-state index contributed by atoms with van der Waals surface area (Å²) in [4.78, 5) is 10.6. The fourth-order valence-corrected chi connectivity index (χ4v) is 1.08. The Kier molecular flexibility index (Phi) is 1.33. The number of aromatic amines is 1. The van der Waals surface area contributed by atoms with Crippen LogP contribution in [0, 0.1) is 0 Å². The molecule has 0 aliphatic carbocycles. The molecule has 0 aliphatic rings. The highest BCUT2D eigenvalue weighted by Crippen LogP contribution is 2.12. The Balaban J connectivity index is 2.68. The van der Waals surface area contributed by atoms with Crippen LogP contribution in [0.25, 0.3) is 10.9 Å². The van der Waals surface area contributed by atoms with Crippen molar-refractivity contribution in [2.45, 2.75) is 0 Å². The third kappa shape index (κ3) is 0.934. The van der Waals surface area contributed by atoms with Gasteiger partial charge in [0.2, 0.25) is 0 Å². The minimum absolute atomic E-state index is 0.381. The van der Waals surface area contributed by atoms with Gasteiger partial charge in [0.05, 0.1) is 11.7 Å². The molecule has 12 heavy (non-hydrogen) atoms. The van der Waals surface area contributed by atoms with Crippen molar-refractivity contribution >= 4 is 16.8 Å². The van der Waals surface area contributed by atoms with Gasteiger partial charge in [0, 0.05) is 10.9 Å². The normalized spacial score (nSPS) is 10.3. The van der Waals surface area contributed by atoms with Gasteiger partial charge >= 0.3 is 0 Å². The first-order valence-corrected chi connectivity index (χ1v) is 3.46. The van der Waals surface area contributed by atoms with Gasteiger partial charge < -0.3 is 0 Å². The highest BCUT2D eigenvalue weighted by Gasteiger charge is 2.02. The second-order valence-electron chi connectivity index (χ2n) is 2.50. The van der Waals surface area contributed by atoms with Gasteiger partial charge in [-0.15, -0.1) is 0 Å². The molecular formula is C8H6N3O. The summed E-state index contributed by atoms with van der Waals surface area (Å²) in [7, 11) is 0. The number of carbonyl (C=O) groups excluding carboxylic acids is 1. The molecule has 0 unspecified atom stereocenters. The summed E-state index contributed by atoms with van der Waals surface area (Å²) in [5, 5.41) is 7.48. The number of amides is 1. The van der Waals surface area contributed by atoms with Crippen LogP contribution in [-0.4, -0.2) is 16.1 Å². The van der Waals surface area contributed by atoms with Gasteiger partial charge in [-0.2, -0.15) is 5.10 Å². The zero-order chi connectivity index (χ0) is 8.55. The Morgan fingerprint density at radius 1 is 1.50 bits per heavy atom. The van der Waals surface area contributed by atoms with Gasteiger partial charge in [-0.3, -0.25) is 15.6 Å². The van der Waals surface area contributed by atoms with E-state index in [-0.39, 0.29) is 0 Å². The molecule has 0 spiro atoms. The molecule has 1 heterocycles. The molecule has 0 saturated heterocycles. The van der Waals surface area contributed by atoms with Crippen LogP contribution in [0.1, 0.15) is 10.4 Å². The second kappa shape index (κ2) is 2.34. The molecule has 0 saturated carbocycles. The highest BCUT2D eigenvalue weighted by molar-refractivity contribution is 5.96. The first-order chi connectivity index (χ1) is 5.77. The fraction of sp³-hybridized carbons (Fsp3) is 0. The average molecular weight is 160 g/mol. The van der Waals surface area contributed by atoms with Gasteiger partial charge in [0.25, 0.3) is 5.91 Å². The lowest BCUT2D eigenvalue weighted by atomic mass is 10.1. The van der Waals surface area contributed by atoms with Crippen LogP contribution in [0.5, 0.6) is 0 Å². The predicted molar refractivity (Wildman–Crippen MR) is 43.5 cm³/mol. The number of hydrogen-bond donors (Lipinski definition) is 1. The number of nitrogens with one attached hydrogen (secondary N) is 2. The van der Waals surface area contributed by atoms with E-state index in [4.69, 9.17) is 5.73 Å². The van der Waals surface area contributed by atoms with Gasteiger partial charge in [0.1, 0.15) is 0 Å². The van der Waals surface area contributed by atoms with E-state index < -0.39 is 5.91 Å². The summed E-state index contributed by atoms with van der Waals surface area (Å²) in [6, 6.07) is 5.01. The monoisotopic (exact) mass is 160 g/mol. The molecule has 2 aromatic rings. The zero-order valence-corrected chi connectivity index (χ0v) is 6.16. The molecule has 1 aromatic heterocycles. The molecule has 0 bridgehead atoms. The molecule has 1 aromatic carbocycles. The smallest absolute Gasteiger partial charge is 0.269 e. The lowest BCUT2D eigenvalue weighted by molar-refractivity contribution is 0.0992. The molecule has 2 N–H and O–H groups in total. The van der Waals surface area contributed by atoms with E-state index in [1.54, 1.807) is 24.4 Å². The number of aromatic nitrogens is 2.